The molecule has 0 bridgehead atoms. The normalized spacial score (nSPS) is 13.8. The number of hydrogen-bond donors (Lipinski definition) is 3. The zero-order valence-corrected chi connectivity index (χ0v) is 11.7. The third-order valence-corrected chi connectivity index (χ3v) is 2.99. The average Bonchev–Trinajstić information content (AvgIpc) is 2.81. The van der Waals surface area contributed by atoms with Crippen molar-refractivity contribution in [1.82, 2.24) is 20.6 Å². The van der Waals surface area contributed by atoms with Crippen LogP contribution in [-0.4, -0.2) is 27.8 Å². The molecule has 1 aromatic heterocycles. The van der Waals surface area contributed by atoms with E-state index >= 15 is 0 Å². The number of aromatic amines is 1. The summed E-state index contributed by atoms with van der Waals surface area (Å²) in [6, 6.07) is 6.84. The van der Waals surface area contributed by atoms with Gasteiger partial charge in [0.05, 0.1) is 17.1 Å². The Labute approximate surface area is 117 Å². The lowest BCUT2D eigenvalue weighted by molar-refractivity contribution is -0.128. The molecule has 6 nitrogen and oxygen atoms in total. The van der Waals surface area contributed by atoms with Crippen LogP contribution in [0.3, 0.4) is 0 Å². The molecule has 0 fully saturated rings. The number of amides is 2. The Hall–Kier alpha value is -2.37. The lowest BCUT2D eigenvalue weighted by Crippen LogP contribution is -2.44. The molecule has 3 N–H and O–H groups in total. The number of rotatable bonds is 4. The minimum absolute atomic E-state index is 0.232. The van der Waals surface area contributed by atoms with Gasteiger partial charge < -0.3 is 15.6 Å². The number of carbonyl (C=O) groups excluding carboxylic acids is 2. The van der Waals surface area contributed by atoms with Gasteiger partial charge in [0.1, 0.15) is 11.9 Å². The van der Waals surface area contributed by atoms with Crippen LogP contribution < -0.4 is 10.6 Å². The minimum atomic E-state index is -0.570. The van der Waals surface area contributed by atoms with Crippen molar-refractivity contribution < 1.29 is 9.59 Å². The first-order valence-corrected chi connectivity index (χ1v) is 6.49. The van der Waals surface area contributed by atoms with E-state index in [1.807, 2.05) is 31.2 Å². The fourth-order valence-electron chi connectivity index (χ4n) is 1.95. The topological polar surface area (TPSA) is 86.9 Å². The molecule has 0 aliphatic rings. The molecule has 106 valence electrons. The van der Waals surface area contributed by atoms with Crippen molar-refractivity contribution >= 4 is 22.8 Å². The molecule has 2 rings (SSSR count). The van der Waals surface area contributed by atoms with Crippen LogP contribution in [0.4, 0.5) is 0 Å². The van der Waals surface area contributed by atoms with E-state index in [4.69, 9.17) is 0 Å². The molecular weight excluding hydrogens is 256 g/mol. The maximum absolute atomic E-state index is 11.9. The number of aromatic nitrogens is 2. The molecule has 2 atom stereocenters. The summed E-state index contributed by atoms with van der Waals surface area (Å²) in [5.74, 6) is 0.215. The van der Waals surface area contributed by atoms with Crippen molar-refractivity contribution in [2.75, 3.05) is 0 Å². The smallest absolute Gasteiger partial charge is 0.242 e. The maximum Gasteiger partial charge on any atom is 0.242 e. The largest absolute Gasteiger partial charge is 0.345 e. The number of para-hydroxylation sites is 2. The van der Waals surface area contributed by atoms with Crippen molar-refractivity contribution in [3.63, 3.8) is 0 Å². The number of imidazole rings is 1. The number of hydrogen-bond acceptors (Lipinski definition) is 3. The van der Waals surface area contributed by atoms with Crippen molar-refractivity contribution in [2.24, 2.45) is 0 Å². The van der Waals surface area contributed by atoms with E-state index in [2.05, 4.69) is 20.6 Å². The first-order chi connectivity index (χ1) is 9.47. The number of H-pyrrole nitrogens is 1. The van der Waals surface area contributed by atoms with Gasteiger partial charge in [0.25, 0.3) is 0 Å². The second-order valence-electron chi connectivity index (χ2n) is 4.79. The summed E-state index contributed by atoms with van der Waals surface area (Å²) in [6.45, 7) is 4.87. The Kier molecular flexibility index (Phi) is 4.02. The van der Waals surface area contributed by atoms with Gasteiger partial charge in [-0.25, -0.2) is 4.98 Å². The van der Waals surface area contributed by atoms with Gasteiger partial charge in [0.15, 0.2) is 0 Å². The average molecular weight is 274 g/mol. The van der Waals surface area contributed by atoms with Crippen LogP contribution in [0.15, 0.2) is 24.3 Å². The maximum atomic E-state index is 11.9. The van der Waals surface area contributed by atoms with Crippen molar-refractivity contribution in [3.05, 3.63) is 30.1 Å². The molecule has 20 heavy (non-hydrogen) atoms. The van der Waals surface area contributed by atoms with E-state index < -0.39 is 6.04 Å². The fourth-order valence-corrected chi connectivity index (χ4v) is 1.95. The van der Waals surface area contributed by atoms with Crippen molar-refractivity contribution in [1.29, 1.82) is 0 Å². The molecule has 1 heterocycles. The van der Waals surface area contributed by atoms with E-state index in [9.17, 15) is 9.59 Å². The molecule has 6 heteroatoms. The summed E-state index contributed by atoms with van der Waals surface area (Å²) in [5, 5.41) is 5.36. The monoisotopic (exact) mass is 274 g/mol. The molecule has 1 aromatic carbocycles. The number of fused-ring (bicyclic) bond motifs is 1. The summed E-state index contributed by atoms with van der Waals surface area (Å²) in [7, 11) is 0. The van der Waals surface area contributed by atoms with Crippen LogP contribution in [0.5, 0.6) is 0 Å². The quantitative estimate of drug-likeness (QED) is 0.784. The van der Waals surface area contributed by atoms with Gasteiger partial charge in [-0.3, -0.25) is 9.59 Å². The molecule has 2 unspecified atom stereocenters. The van der Waals surface area contributed by atoms with Crippen LogP contribution in [0.1, 0.15) is 32.6 Å². The van der Waals surface area contributed by atoms with Crippen molar-refractivity contribution in [2.45, 2.75) is 32.9 Å². The van der Waals surface area contributed by atoms with Gasteiger partial charge in [-0.05, 0) is 26.0 Å². The highest BCUT2D eigenvalue weighted by Gasteiger charge is 2.18. The highest BCUT2D eigenvalue weighted by atomic mass is 16.2. The highest BCUT2D eigenvalue weighted by Crippen LogP contribution is 2.15. The van der Waals surface area contributed by atoms with Gasteiger partial charge >= 0.3 is 0 Å². The van der Waals surface area contributed by atoms with Crippen LogP contribution in [-0.2, 0) is 9.59 Å². The van der Waals surface area contributed by atoms with Gasteiger partial charge in [-0.1, -0.05) is 12.1 Å². The molecule has 0 saturated carbocycles. The first-order valence-electron chi connectivity index (χ1n) is 6.49. The summed E-state index contributed by atoms with van der Waals surface area (Å²) < 4.78 is 0. The summed E-state index contributed by atoms with van der Waals surface area (Å²) in [4.78, 5) is 30.4. The zero-order valence-electron chi connectivity index (χ0n) is 11.7. The van der Waals surface area contributed by atoms with Crippen LogP contribution in [0, 0.1) is 0 Å². The summed E-state index contributed by atoms with van der Waals surface area (Å²) in [6.07, 6.45) is 0. The van der Waals surface area contributed by atoms with Gasteiger partial charge in [-0.2, -0.15) is 0 Å². The number of nitrogens with one attached hydrogen (secondary N) is 3. The fraction of sp³-hybridized carbons (Fsp3) is 0.357. The van der Waals surface area contributed by atoms with Gasteiger partial charge in [0.2, 0.25) is 11.8 Å². The second-order valence-corrected chi connectivity index (χ2v) is 4.79. The predicted molar refractivity (Wildman–Crippen MR) is 75.9 cm³/mol. The third-order valence-electron chi connectivity index (χ3n) is 2.99. The van der Waals surface area contributed by atoms with Crippen LogP contribution in [0.2, 0.25) is 0 Å². The Bertz CT molecular complexity index is 602. The first kappa shape index (κ1) is 14.0. The van der Waals surface area contributed by atoms with Gasteiger partial charge in [-0.15, -0.1) is 0 Å². The molecule has 2 amide bonds. The molecule has 0 aliphatic carbocycles. The van der Waals surface area contributed by atoms with E-state index in [0.29, 0.717) is 5.82 Å². The van der Waals surface area contributed by atoms with Crippen LogP contribution in [0.25, 0.3) is 11.0 Å². The Morgan fingerprint density at radius 2 is 1.90 bits per heavy atom. The summed E-state index contributed by atoms with van der Waals surface area (Å²) >= 11 is 0. The second kappa shape index (κ2) is 5.73. The lowest BCUT2D eigenvalue weighted by Gasteiger charge is -2.16. The zero-order chi connectivity index (χ0) is 14.7. The molecule has 0 aliphatic heterocycles. The molecular formula is C14H18N4O2. The van der Waals surface area contributed by atoms with E-state index in [-0.39, 0.29) is 17.9 Å². The van der Waals surface area contributed by atoms with E-state index in [0.717, 1.165) is 11.0 Å². The SMILES string of the molecule is CC(=O)NC(C)C(=O)NC(C)c1nc2ccccc2[nH]1. The lowest BCUT2D eigenvalue weighted by atomic mass is 10.2. The van der Waals surface area contributed by atoms with Gasteiger partial charge in [0, 0.05) is 6.92 Å². The Morgan fingerprint density at radius 3 is 2.55 bits per heavy atom. The Balaban J connectivity index is 2.05. The number of benzene rings is 1. The van der Waals surface area contributed by atoms with Crippen molar-refractivity contribution in [3.8, 4) is 0 Å². The highest BCUT2D eigenvalue weighted by molar-refractivity contribution is 5.86. The third kappa shape index (κ3) is 3.14. The number of carbonyl (C=O) groups is 2. The Morgan fingerprint density at radius 1 is 1.20 bits per heavy atom. The summed E-state index contributed by atoms with van der Waals surface area (Å²) in [5.41, 5.74) is 1.79. The number of nitrogens with zero attached hydrogens (tertiary/aromatic N) is 1. The van der Waals surface area contributed by atoms with E-state index in [1.165, 1.54) is 6.92 Å². The molecule has 0 radical (unpaired) electrons. The molecule has 0 spiro atoms. The van der Waals surface area contributed by atoms with Crippen LogP contribution >= 0.6 is 0 Å². The molecule has 0 saturated heterocycles. The minimum Gasteiger partial charge on any atom is -0.345 e. The predicted octanol–water partition coefficient (Wildman–Crippen LogP) is 1.26. The van der Waals surface area contributed by atoms with E-state index in [1.54, 1.807) is 6.92 Å². The molecule has 2 aromatic rings. The standard InChI is InChI=1S/C14H18N4O2/c1-8(16-14(20)9(2)15-10(3)19)13-17-11-6-4-5-7-12(11)18-13/h4-9H,1-3H3,(H,15,19)(H,16,20)(H,17,18).